The number of benzene rings is 1. The molecule has 0 aliphatic carbocycles. The van der Waals surface area contributed by atoms with Crippen molar-refractivity contribution in [2.75, 3.05) is 12.4 Å². The molecule has 6 nitrogen and oxygen atoms in total. The second kappa shape index (κ2) is 6.73. The van der Waals surface area contributed by atoms with Gasteiger partial charge in [0.25, 0.3) is 0 Å². The van der Waals surface area contributed by atoms with E-state index in [4.69, 9.17) is 16.3 Å². The number of halogens is 2. The molecule has 0 saturated heterocycles. The molecule has 0 spiro atoms. The van der Waals surface area contributed by atoms with E-state index < -0.39 is 4.92 Å². The molecule has 1 aromatic carbocycles. The van der Waals surface area contributed by atoms with Crippen LogP contribution in [0.3, 0.4) is 0 Å². The number of anilines is 1. The molecule has 0 unspecified atom stereocenters. The van der Waals surface area contributed by atoms with Gasteiger partial charge in [-0.3, -0.25) is 10.1 Å². The lowest BCUT2D eigenvalue weighted by atomic mass is 10.3. The van der Waals surface area contributed by atoms with E-state index in [1.807, 2.05) is 12.1 Å². The van der Waals surface area contributed by atoms with Gasteiger partial charge in [0.2, 0.25) is 5.75 Å². The number of aromatic nitrogens is 1. The molecule has 0 saturated carbocycles. The van der Waals surface area contributed by atoms with Crippen molar-refractivity contribution in [2.45, 2.75) is 6.61 Å². The molecular formula is C13H11BrClN3O3. The highest BCUT2D eigenvalue weighted by atomic mass is 79.9. The molecule has 0 aliphatic rings. The lowest BCUT2D eigenvalue weighted by Crippen LogP contribution is -2.03. The summed E-state index contributed by atoms with van der Waals surface area (Å²) in [5.41, 5.74) is 0.456. The van der Waals surface area contributed by atoms with Crippen LogP contribution < -0.4 is 10.1 Å². The highest BCUT2D eigenvalue weighted by Crippen LogP contribution is 2.38. The number of pyridine rings is 1. The quantitative estimate of drug-likeness (QED) is 0.633. The van der Waals surface area contributed by atoms with Crippen molar-refractivity contribution in [1.29, 1.82) is 0 Å². The van der Waals surface area contributed by atoms with E-state index in [-0.39, 0.29) is 23.1 Å². The Balaban J connectivity index is 2.25. The number of nitro groups is 1. The van der Waals surface area contributed by atoms with E-state index in [1.54, 1.807) is 19.2 Å². The normalized spacial score (nSPS) is 10.2. The van der Waals surface area contributed by atoms with Crippen molar-refractivity contribution < 1.29 is 9.66 Å². The van der Waals surface area contributed by atoms with Crippen molar-refractivity contribution in [3.63, 3.8) is 0 Å². The predicted molar refractivity (Wildman–Crippen MR) is 83.9 cm³/mol. The average molecular weight is 373 g/mol. The Labute approximate surface area is 134 Å². The van der Waals surface area contributed by atoms with Gasteiger partial charge >= 0.3 is 5.69 Å². The first-order valence-corrected chi connectivity index (χ1v) is 7.08. The molecule has 21 heavy (non-hydrogen) atoms. The maximum Gasteiger partial charge on any atom is 0.313 e. The zero-order chi connectivity index (χ0) is 15.4. The lowest BCUT2D eigenvalue weighted by Gasteiger charge is -2.09. The number of nitrogens with one attached hydrogen (secondary N) is 1. The Morgan fingerprint density at radius 1 is 1.48 bits per heavy atom. The molecule has 0 fully saturated rings. The monoisotopic (exact) mass is 371 g/mol. The Morgan fingerprint density at radius 3 is 2.90 bits per heavy atom. The number of ether oxygens (including phenoxy) is 1. The fourth-order valence-electron chi connectivity index (χ4n) is 1.67. The molecule has 2 rings (SSSR count). The van der Waals surface area contributed by atoms with Crippen LogP contribution in [0.5, 0.6) is 5.75 Å². The van der Waals surface area contributed by atoms with Crippen molar-refractivity contribution in [2.24, 2.45) is 0 Å². The third-order valence-corrected chi connectivity index (χ3v) is 3.42. The van der Waals surface area contributed by atoms with Crippen LogP contribution in [0.1, 0.15) is 5.69 Å². The molecule has 0 aliphatic heterocycles. The Kier molecular flexibility index (Phi) is 4.98. The minimum atomic E-state index is -0.538. The maximum atomic E-state index is 11.1. The van der Waals surface area contributed by atoms with Gasteiger partial charge in [-0.2, -0.15) is 0 Å². The summed E-state index contributed by atoms with van der Waals surface area (Å²) in [6.07, 6.45) is 0. The summed E-state index contributed by atoms with van der Waals surface area (Å²) in [5, 5.41) is 14.2. The summed E-state index contributed by atoms with van der Waals surface area (Å²) in [6, 6.07) is 8.20. The van der Waals surface area contributed by atoms with E-state index in [0.717, 1.165) is 0 Å². The Bertz CT molecular complexity index is 682. The van der Waals surface area contributed by atoms with E-state index in [1.165, 1.54) is 6.07 Å². The van der Waals surface area contributed by atoms with Gasteiger partial charge in [-0.15, -0.1) is 0 Å². The summed E-state index contributed by atoms with van der Waals surface area (Å²) in [4.78, 5) is 14.8. The molecule has 0 bridgehead atoms. The van der Waals surface area contributed by atoms with E-state index >= 15 is 0 Å². The SMILES string of the molecule is CNc1cccc(COc2c(Br)cc(Cl)cc2[N+](=O)[O-])n1. The van der Waals surface area contributed by atoms with Crippen LogP contribution in [0.15, 0.2) is 34.8 Å². The number of hydrogen-bond acceptors (Lipinski definition) is 5. The number of hydrogen-bond donors (Lipinski definition) is 1. The number of rotatable bonds is 5. The zero-order valence-corrected chi connectivity index (χ0v) is 13.3. The average Bonchev–Trinajstić information content (AvgIpc) is 2.45. The van der Waals surface area contributed by atoms with Crippen molar-refractivity contribution >= 4 is 39.0 Å². The molecule has 0 radical (unpaired) electrons. The molecular weight excluding hydrogens is 362 g/mol. The van der Waals surface area contributed by atoms with Gasteiger partial charge in [0.05, 0.1) is 15.1 Å². The molecule has 0 atom stereocenters. The third kappa shape index (κ3) is 3.83. The standard InChI is InChI=1S/C13H11BrClN3O3/c1-16-12-4-2-3-9(17-12)7-21-13-10(14)5-8(15)6-11(13)18(19)20/h2-6H,7H2,1H3,(H,16,17). The molecule has 1 N–H and O–H groups in total. The number of nitrogens with zero attached hydrogens (tertiary/aromatic N) is 2. The molecule has 2 aromatic rings. The molecule has 0 amide bonds. The van der Waals surface area contributed by atoms with Crippen LogP contribution in [-0.2, 0) is 6.61 Å². The van der Waals surface area contributed by atoms with E-state index in [9.17, 15) is 10.1 Å². The van der Waals surface area contributed by atoms with Crippen LogP contribution in [-0.4, -0.2) is 17.0 Å². The minimum Gasteiger partial charge on any atom is -0.480 e. The van der Waals surface area contributed by atoms with Crippen LogP contribution in [0.4, 0.5) is 11.5 Å². The van der Waals surface area contributed by atoms with Crippen LogP contribution in [0.2, 0.25) is 5.02 Å². The molecule has 110 valence electrons. The first-order chi connectivity index (χ1) is 10.0. The first kappa shape index (κ1) is 15.5. The zero-order valence-electron chi connectivity index (χ0n) is 11.0. The topological polar surface area (TPSA) is 77.3 Å². The summed E-state index contributed by atoms with van der Waals surface area (Å²) in [5.74, 6) is 0.821. The van der Waals surface area contributed by atoms with Crippen molar-refractivity contribution in [1.82, 2.24) is 4.98 Å². The van der Waals surface area contributed by atoms with Crippen molar-refractivity contribution in [3.05, 3.63) is 55.6 Å². The third-order valence-electron chi connectivity index (χ3n) is 2.61. The second-order valence-electron chi connectivity index (χ2n) is 4.05. The van der Waals surface area contributed by atoms with Gasteiger partial charge in [-0.1, -0.05) is 17.7 Å². The summed E-state index contributed by atoms with van der Waals surface area (Å²) in [7, 11) is 1.76. The van der Waals surface area contributed by atoms with Gasteiger partial charge in [-0.25, -0.2) is 4.98 Å². The Hall–Kier alpha value is -1.86. The lowest BCUT2D eigenvalue weighted by molar-refractivity contribution is -0.386. The van der Waals surface area contributed by atoms with Crippen LogP contribution in [0, 0.1) is 10.1 Å². The van der Waals surface area contributed by atoms with Crippen molar-refractivity contribution in [3.8, 4) is 5.75 Å². The van der Waals surface area contributed by atoms with Gasteiger partial charge in [0.15, 0.2) is 0 Å². The smallest absolute Gasteiger partial charge is 0.313 e. The predicted octanol–water partition coefficient (Wildman–Crippen LogP) is 4.03. The fourth-order valence-corrected chi connectivity index (χ4v) is 2.58. The molecule has 8 heteroatoms. The summed E-state index contributed by atoms with van der Waals surface area (Å²) < 4.78 is 5.95. The van der Waals surface area contributed by atoms with Gasteiger partial charge in [0, 0.05) is 18.1 Å². The largest absolute Gasteiger partial charge is 0.480 e. The highest BCUT2D eigenvalue weighted by Gasteiger charge is 2.20. The first-order valence-electron chi connectivity index (χ1n) is 5.91. The van der Waals surface area contributed by atoms with Crippen LogP contribution >= 0.6 is 27.5 Å². The molecule has 1 aromatic heterocycles. The van der Waals surface area contributed by atoms with Gasteiger partial charge in [0.1, 0.15) is 12.4 Å². The Morgan fingerprint density at radius 2 is 2.24 bits per heavy atom. The van der Waals surface area contributed by atoms with E-state index in [2.05, 4.69) is 26.2 Å². The summed E-state index contributed by atoms with van der Waals surface area (Å²) >= 11 is 9.03. The minimum absolute atomic E-state index is 0.108. The highest BCUT2D eigenvalue weighted by molar-refractivity contribution is 9.10. The van der Waals surface area contributed by atoms with Crippen LogP contribution in [0.25, 0.3) is 0 Å². The molecule has 1 heterocycles. The number of nitro benzene ring substituents is 1. The van der Waals surface area contributed by atoms with E-state index in [0.29, 0.717) is 16.0 Å². The summed E-state index contributed by atoms with van der Waals surface area (Å²) in [6.45, 7) is 0.108. The second-order valence-corrected chi connectivity index (χ2v) is 5.34. The fraction of sp³-hybridized carbons (Fsp3) is 0.154. The maximum absolute atomic E-state index is 11.1. The van der Waals surface area contributed by atoms with Gasteiger partial charge in [-0.05, 0) is 34.1 Å². The van der Waals surface area contributed by atoms with Gasteiger partial charge < -0.3 is 10.1 Å².